The fourth-order valence-corrected chi connectivity index (χ4v) is 19.2. The van der Waals surface area contributed by atoms with Gasteiger partial charge in [0.05, 0.1) is 27.5 Å². The molecule has 0 saturated carbocycles. The van der Waals surface area contributed by atoms with Crippen molar-refractivity contribution in [3.8, 4) is 51.0 Å². The minimum absolute atomic E-state index is 0.114. The van der Waals surface area contributed by atoms with Crippen LogP contribution in [0.5, 0.6) is 17.2 Å². The predicted octanol–water partition coefficient (Wildman–Crippen LogP) is 21.7. The summed E-state index contributed by atoms with van der Waals surface area (Å²) in [7, 11) is 0. The Hall–Kier alpha value is -11.7. The van der Waals surface area contributed by atoms with Crippen molar-refractivity contribution in [3.63, 3.8) is 0 Å². The van der Waals surface area contributed by atoms with Crippen LogP contribution in [0.4, 0.5) is 0 Å². The van der Waals surface area contributed by atoms with E-state index in [1.807, 2.05) is 0 Å². The van der Waals surface area contributed by atoms with E-state index in [4.69, 9.17) is 14.2 Å². The Kier molecular flexibility index (Phi) is 10.8. The molecule has 0 amide bonds. The van der Waals surface area contributed by atoms with Gasteiger partial charge in [-0.3, -0.25) is 0 Å². The van der Waals surface area contributed by atoms with Crippen molar-refractivity contribution in [2.24, 2.45) is 0 Å². The quantitative estimate of drug-likeness (QED) is 0.0863. The molecule has 0 atom stereocenters. The maximum absolute atomic E-state index is 6.50. The zero-order valence-corrected chi connectivity index (χ0v) is 55.9. The molecule has 3 aliphatic heterocycles. The number of hydrogen-bond acceptors (Lipinski definition) is 3. The lowest BCUT2D eigenvalue weighted by Gasteiger charge is -2.23. The van der Waals surface area contributed by atoms with Gasteiger partial charge in [-0.25, -0.2) is 0 Å². The van der Waals surface area contributed by atoms with Gasteiger partial charge < -0.3 is 14.2 Å². The lowest BCUT2D eigenvalue weighted by atomic mass is 9.78. The van der Waals surface area contributed by atoms with Gasteiger partial charge in [-0.05, 0) is 211 Å². The molecule has 99 heavy (non-hydrogen) atoms. The summed E-state index contributed by atoms with van der Waals surface area (Å²) in [5, 5.41) is 28.3. The summed E-state index contributed by atoms with van der Waals surface area (Å²) in [6.07, 6.45) is 2.28. The first-order chi connectivity index (χ1) is 48.3. The monoisotopic (exact) mass is 1270 g/mol. The van der Waals surface area contributed by atoms with Crippen molar-refractivity contribution in [1.82, 2.24) is 0 Å². The highest BCUT2D eigenvalue weighted by Crippen LogP contribution is 2.60. The maximum atomic E-state index is 6.50. The van der Waals surface area contributed by atoms with Crippen molar-refractivity contribution in [1.29, 1.82) is 0 Å². The van der Waals surface area contributed by atoms with Crippen molar-refractivity contribution in [2.45, 2.75) is 78.0 Å². The van der Waals surface area contributed by atoms with E-state index in [1.54, 1.807) is 0 Å². The van der Waals surface area contributed by atoms with E-state index in [0.29, 0.717) is 20.2 Å². The normalized spacial score (nSPS) is 15.3. The van der Waals surface area contributed by atoms with Gasteiger partial charge in [0.25, 0.3) is 20.2 Å². The van der Waals surface area contributed by atoms with Gasteiger partial charge in [-0.2, -0.15) is 13.7 Å². The van der Waals surface area contributed by atoms with Crippen molar-refractivity contribution < 1.29 is 27.9 Å². The minimum Gasteiger partial charge on any atom is -0.435 e. The average Bonchev–Trinajstić information content (AvgIpc) is 1.54. The van der Waals surface area contributed by atoms with E-state index in [1.165, 1.54) is 197 Å². The van der Waals surface area contributed by atoms with E-state index < -0.39 is 0 Å². The van der Waals surface area contributed by atoms with E-state index >= 15 is 0 Å². The molecule has 6 nitrogen and oxygen atoms in total. The standard InChI is InChI=1S/3C31H22NO/c1-31(2)28-24-13-20-9-5-3-7-18(20)11-22(24)15-26-27(28)30-29(31)25-14-21-10-6-4-8-19(21)12-23(25)16-32(30)17-33-26;1-31(2)25-16-24-22-10-6-5-7-18(22)11-12-26(24)32-17-33-27-15-21-13-19-8-3-4-9-20(19)14-23(21)29(31)28(27)30(25)32;1-31(2)25-15-21-12-11-18-7-5-6-10-23(18)29(21)32-17-33-26-16-22-13-19-8-3-4-9-20(19)14-24(22)28(31)27(26)30(25)32/h3*3-16H,17H2,1-2H3/q3*+1. The van der Waals surface area contributed by atoms with Crippen LogP contribution in [-0.4, -0.2) is 0 Å². The molecular formula is C93H66N3O3+3. The topological polar surface area (TPSA) is 39.3 Å². The second kappa shape index (κ2) is 19.3. The summed E-state index contributed by atoms with van der Waals surface area (Å²) in [5.41, 5.74) is 18.3. The van der Waals surface area contributed by atoms with Gasteiger partial charge in [0.1, 0.15) is 17.2 Å². The first kappa shape index (κ1) is 55.4. The number of hydrogen-bond donors (Lipinski definition) is 0. The molecule has 0 spiro atoms. The molecule has 0 fully saturated rings. The smallest absolute Gasteiger partial charge is 0.293 e. The van der Waals surface area contributed by atoms with E-state index in [9.17, 15) is 0 Å². The molecular weight excluding hydrogens is 1210 g/mol. The molecule has 6 heteroatoms. The summed E-state index contributed by atoms with van der Waals surface area (Å²) >= 11 is 0. The average molecular weight is 1270 g/mol. The number of ether oxygens (including phenoxy) is 3. The van der Waals surface area contributed by atoms with Crippen LogP contribution in [0.2, 0.25) is 0 Å². The van der Waals surface area contributed by atoms with E-state index in [-0.39, 0.29) is 16.2 Å². The zero-order chi connectivity index (χ0) is 65.7. The van der Waals surface area contributed by atoms with Gasteiger partial charge in [0.2, 0.25) is 28.1 Å². The van der Waals surface area contributed by atoms with Gasteiger partial charge in [0.15, 0.2) is 6.20 Å². The number of rotatable bonds is 0. The SMILES string of the molecule is CC1(C)c2c3c(cc4cc5ccccc5cc24)OC[n+]2cc4cc5ccccc5cc4c1c2-3.CC1(C)c2cc3c4ccccc4ccc3[n+]3c2-c2c(cc4cc5ccccc5cc4c21)OC3.CC1(C)c2cc3ccc4ccccc4c3[n+]3c2-c2c(cc4cc5ccccc5cc4c21)OC3. The molecule has 3 aliphatic carbocycles. The van der Waals surface area contributed by atoms with Gasteiger partial charge in [-0.1, -0.05) is 187 Å². The number of aromatic nitrogens is 3. The minimum atomic E-state index is -0.140. The Morgan fingerprint density at radius 1 is 0.263 bits per heavy atom. The van der Waals surface area contributed by atoms with Gasteiger partial charge >= 0.3 is 0 Å². The van der Waals surface area contributed by atoms with Crippen molar-refractivity contribution >= 4 is 130 Å². The van der Waals surface area contributed by atoms with Crippen LogP contribution in [0.25, 0.3) is 163 Å². The van der Waals surface area contributed by atoms with Crippen LogP contribution in [0.3, 0.4) is 0 Å². The third-order valence-corrected chi connectivity index (χ3v) is 23.6. The Bertz CT molecular complexity index is 6680. The zero-order valence-electron chi connectivity index (χ0n) is 55.9. The van der Waals surface area contributed by atoms with Crippen LogP contribution >= 0.6 is 0 Å². The first-order valence-electron chi connectivity index (χ1n) is 34.9. The molecule has 0 saturated heterocycles. The highest BCUT2D eigenvalue weighted by Gasteiger charge is 2.51. The van der Waals surface area contributed by atoms with E-state index in [2.05, 4.69) is 310 Å². The molecule has 468 valence electrons. The molecule has 6 aliphatic rings. The number of pyridine rings is 3. The van der Waals surface area contributed by atoms with Crippen LogP contribution in [0.1, 0.15) is 74.9 Å². The largest absolute Gasteiger partial charge is 0.435 e. The summed E-state index contributed by atoms with van der Waals surface area (Å²) in [6.45, 7) is 15.9. The number of fused-ring (bicyclic) bond motifs is 20. The summed E-state index contributed by atoms with van der Waals surface area (Å²) in [4.78, 5) is 0. The van der Waals surface area contributed by atoms with Crippen LogP contribution in [0, 0.1) is 0 Å². The van der Waals surface area contributed by atoms with Crippen LogP contribution < -0.4 is 27.9 Å². The second-order valence-corrected chi connectivity index (χ2v) is 30.1. The first-order valence-corrected chi connectivity index (χ1v) is 34.9. The van der Waals surface area contributed by atoms with Crippen LogP contribution in [-0.2, 0) is 36.4 Å². The molecule has 0 unspecified atom stereocenters. The lowest BCUT2D eigenvalue weighted by molar-refractivity contribution is -0.716. The number of benzene rings is 15. The second-order valence-electron chi connectivity index (χ2n) is 30.1. The molecule has 0 bridgehead atoms. The molecule has 24 rings (SSSR count). The fourth-order valence-electron chi connectivity index (χ4n) is 19.2. The summed E-state index contributed by atoms with van der Waals surface area (Å²) in [6, 6.07) is 91.4. The Morgan fingerprint density at radius 2 is 0.636 bits per heavy atom. The summed E-state index contributed by atoms with van der Waals surface area (Å²) < 4.78 is 26.5. The fraction of sp³-hybridized carbons (Fsp3) is 0.129. The Morgan fingerprint density at radius 3 is 1.16 bits per heavy atom. The highest BCUT2D eigenvalue weighted by atomic mass is 16.5. The third-order valence-electron chi connectivity index (χ3n) is 23.6. The molecule has 15 aromatic carbocycles. The summed E-state index contributed by atoms with van der Waals surface area (Å²) in [5.74, 6) is 3.04. The Balaban J connectivity index is 0.0000000949. The van der Waals surface area contributed by atoms with Crippen LogP contribution in [0.15, 0.2) is 255 Å². The predicted molar refractivity (Wildman–Crippen MR) is 405 cm³/mol. The molecule has 3 aromatic heterocycles. The van der Waals surface area contributed by atoms with Gasteiger partial charge in [0, 0.05) is 49.8 Å². The molecule has 6 heterocycles. The number of nitrogens with zero attached hydrogens (tertiary/aromatic N) is 3. The Labute approximate surface area is 571 Å². The maximum Gasteiger partial charge on any atom is 0.293 e. The van der Waals surface area contributed by atoms with Crippen molar-refractivity contribution in [2.75, 3.05) is 0 Å². The third kappa shape index (κ3) is 7.42. The lowest BCUT2D eigenvalue weighted by Crippen LogP contribution is -2.43. The molecule has 0 N–H and O–H groups in total. The van der Waals surface area contributed by atoms with Crippen molar-refractivity contribution in [3.05, 3.63) is 288 Å². The highest BCUT2D eigenvalue weighted by molar-refractivity contribution is 6.13. The van der Waals surface area contributed by atoms with Gasteiger partial charge in [-0.15, -0.1) is 0 Å². The molecule has 0 radical (unpaired) electrons. The molecule has 18 aromatic rings. The van der Waals surface area contributed by atoms with E-state index in [0.717, 1.165) is 17.2 Å².